The van der Waals surface area contributed by atoms with Gasteiger partial charge in [-0.2, -0.15) is 5.10 Å². The summed E-state index contributed by atoms with van der Waals surface area (Å²) in [5, 5.41) is 6.69. The van der Waals surface area contributed by atoms with Crippen LogP contribution in [0.4, 0.5) is 18.9 Å². The lowest BCUT2D eigenvalue weighted by Gasteiger charge is -2.27. The molecular weight excluding hydrogens is 487 g/mol. The van der Waals surface area contributed by atoms with Gasteiger partial charge in [0.1, 0.15) is 17.3 Å². The number of alkyl halides is 2. The molecule has 0 saturated heterocycles. The Hall–Kier alpha value is -3.32. The molecule has 0 bridgehead atoms. The predicted molar refractivity (Wildman–Crippen MR) is 121 cm³/mol. The van der Waals surface area contributed by atoms with Crippen LogP contribution in [0.2, 0.25) is 0 Å². The van der Waals surface area contributed by atoms with Crippen LogP contribution in [0.3, 0.4) is 0 Å². The number of amides is 1. The molecule has 0 spiro atoms. The Kier molecular flexibility index (Phi) is 6.18. The van der Waals surface area contributed by atoms with Gasteiger partial charge < -0.3 is 14.6 Å². The topological polar surface area (TPSA) is 107 Å². The van der Waals surface area contributed by atoms with Crippen LogP contribution in [0.5, 0.6) is 5.75 Å². The van der Waals surface area contributed by atoms with Crippen molar-refractivity contribution in [3.63, 3.8) is 0 Å². The zero-order chi connectivity index (χ0) is 25.7. The van der Waals surface area contributed by atoms with Gasteiger partial charge in [0.15, 0.2) is 11.4 Å². The van der Waals surface area contributed by atoms with Gasteiger partial charge in [-0.1, -0.05) is 0 Å². The second kappa shape index (κ2) is 8.72. The van der Waals surface area contributed by atoms with Gasteiger partial charge in [0.2, 0.25) is 10.0 Å². The zero-order valence-electron chi connectivity index (χ0n) is 19.4. The average molecular weight is 512 g/mol. The Morgan fingerprint density at radius 2 is 2.03 bits per heavy atom. The Bertz CT molecular complexity index is 1420. The predicted octanol–water partition coefficient (Wildman–Crippen LogP) is 3.07. The maximum Gasteiger partial charge on any atom is 0.276 e. The largest absolute Gasteiger partial charge is 0.488 e. The fraction of sp³-hybridized carbons (Fsp3) is 0.364. The number of benzene rings is 1. The molecule has 1 aromatic carbocycles. The molecule has 9 nitrogen and oxygen atoms in total. The van der Waals surface area contributed by atoms with E-state index >= 15 is 0 Å². The first kappa shape index (κ1) is 24.8. The van der Waals surface area contributed by atoms with Crippen LogP contribution in [0.25, 0.3) is 0 Å². The number of sulfonamides is 1. The highest BCUT2D eigenvalue weighted by molar-refractivity contribution is 7.89. The van der Waals surface area contributed by atoms with Crippen molar-refractivity contribution in [2.75, 3.05) is 11.9 Å². The number of aryl methyl sites for hydroxylation is 3. The number of ether oxygens (including phenoxy) is 1. The van der Waals surface area contributed by atoms with Crippen molar-refractivity contribution in [2.24, 2.45) is 14.1 Å². The van der Waals surface area contributed by atoms with Crippen LogP contribution in [0.15, 0.2) is 35.4 Å². The Morgan fingerprint density at radius 1 is 1.31 bits per heavy atom. The van der Waals surface area contributed by atoms with Crippen LogP contribution < -0.4 is 14.8 Å². The lowest BCUT2D eigenvalue weighted by Crippen LogP contribution is -2.50. The summed E-state index contributed by atoms with van der Waals surface area (Å²) in [6.07, 6.45) is -1.56. The number of carbonyl (C=O) groups is 1. The third-order valence-corrected chi connectivity index (χ3v) is 7.31. The highest BCUT2D eigenvalue weighted by Gasteiger charge is 2.40. The molecule has 1 aliphatic rings. The molecule has 2 N–H and O–H groups in total. The van der Waals surface area contributed by atoms with Gasteiger partial charge in [0.25, 0.3) is 12.3 Å². The van der Waals surface area contributed by atoms with E-state index in [0.29, 0.717) is 0 Å². The van der Waals surface area contributed by atoms with Crippen LogP contribution in [0, 0.1) is 12.7 Å². The van der Waals surface area contributed by atoms with E-state index in [-0.39, 0.29) is 35.1 Å². The molecule has 0 aliphatic carbocycles. The number of anilines is 1. The number of rotatable bonds is 5. The van der Waals surface area contributed by atoms with Gasteiger partial charge in [0.05, 0.1) is 16.8 Å². The smallest absolute Gasteiger partial charge is 0.276 e. The van der Waals surface area contributed by atoms with Crippen LogP contribution in [-0.4, -0.2) is 40.8 Å². The van der Waals surface area contributed by atoms with Crippen molar-refractivity contribution in [3.8, 4) is 5.75 Å². The summed E-state index contributed by atoms with van der Waals surface area (Å²) >= 11 is 0. The van der Waals surface area contributed by atoms with E-state index in [1.54, 1.807) is 18.7 Å². The Morgan fingerprint density at radius 3 is 2.66 bits per heavy atom. The molecule has 3 aromatic rings. The number of aromatic nitrogens is 3. The number of nitrogens with one attached hydrogen (secondary N) is 2. The van der Waals surface area contributed by atoms with E-state index in [1.807, 2.05) is 13.0 Å². The molecule has 188 valence electrons. The fourth-order valence-corrected chi connectivity index (χ4v) is 5.69. The SMILES string of the molecule is Cc1cc(CC2(C)COc3c(cn(C)c3C(=O)Nc3ccc(F)c(C(F)F)c3)S(=O)(=O)N2)n(C)n1. The van der Waals surface area contributed by atoms with Crippen molar-refractivity contribution in [3.05, 3.63) is 58.9 Å². The normalized spacial score (nSPS) is 19.2. The second-order valence-electron chi connectivity index (χ2n) is 8.81. The minimum Gasteiger partial charge on any atom is -0.488 e. The van der Waals surface area contributed by atoms with Gasteiger partial charge in [-0.05, 0) is 38.1 Å². The van der Waals surface area contributed by atoms with Crippen molar-refractivity contribution in [1.82, 2.24) is 19.1 Å². The molecule has 4 rings (SSSR count). The summed E-state index contributed by atoms with van der Waals surface area (Å²) in [7, 11) is -0.891. The number of carbonyl (C=O) groups excluding carboxylic acids is 1. The molecule has 2 aromatic heterocycles. The summed E-state index contributed by atoms with van der Waals surface area (Å²) in [5.74, 6) is -2.07. The molecule has 0 radical (unpaired) electrons. The minimum atomic E-state index is -4.10. The Balaban J connectivity index is 1.65. The zero-order valence-corrected chi connectivity index (χ0v) is 20.2. The van der Waals surface area contributed by atoms with Crippen molar-refractivity contribution in [1.29, 1.82) is 0 Å². The van der Waals surface area contributed by atoms with Gasteiger partial charge in [-0.15, -0.1) is 0 Å². The van der Waals surface area contributed by atoms with Gasteiger partial charge >= 0.3 is 0 Å². The third-order valence-electron chi connectivity index (χ3n) is 5.68. The molecular formula is C22H24F3N5O4S. The standard InChI is InChI=1S/C22H24F3N5O4S/c1-12-7-14(30(4)27-12)9-22(2)11-34-19-17(35(32,33)28-22)10-29(3)18(19)21(31)26-13-5-6-16(23)15(8-13)20(24)25/h5-8,10,20,28H,9,11H2,1-4H3,(H,26,31). The summed E-state index contributed by atoms with van der Waals surface area (Å²) in [5.41, 5.74) is -0.561. The minimum absolute atomic E-state index is 0.0762. The van der Waals surface area contributed by atoms with E-state index in [0.717, 1.165) is 29.6 Å². The van der Waals surface area contributed by atoms with Crippen molar-refractivity contribution >= 4 is 21.6 Å². The molecule has 1 amide bonds. The molecule has 3 heterocycles. The number of halogens is 3. The summed E-state index contributed by atoms with van der Waals surface area (Å²) in [6, 6.07) is 4.62. The lowest BCUT2D eigenvalue weighted by atomic mass is 9.98. The number of hydrogen-bond acceptors (Lipinski definition) is 5. The van der Waals surface area contributed by atoms with E-state index in [4.69, 9.17) is 4.74 Å². The highest BCUT2D eigenvalue weighted by atomic mass is 32.2. The van der Waals surface area contributed by atoms with E-state index in [2.05, 4.69) is 15.1 Å². The van der Waals surface area contributed by atoms with E-state index in [9.17, 15) is 26.4 Å². The third kappa shape index (κ3) is 4.78. The van der Waals surface area contributed by atoms with Crippen LogP contribution in [-0.2, 0) is 30.5 Å². The Labute approximate surface area is 199 Å². The summed E-state index contributed by atoms with van der Waals surface area (Å²) in [4.78, 5) is 12.8. The van der Waals surface area contributed by atoms with E-state index in [1.165, 1.54) is 17.8 Å². The quantitative estimate of drug-likeness (QED) is 0.548. The molecule has 1 unspecified atom stereocenters. The van der Waals surface area contributed by atoms with Crippen molar-refractivity contribution in [2.45, 2.75) is 37.1 Å². The molecule has 13 heteroatoms. The highest BCUT2D eigenvalue weighted by Crippen LogP contribution is 2.35. The first-order chi connectivity index (χ1) is 16.3. The number of nitrogens with zero attached hydrogens (tertiary/aromatic N) is 3. The molecule has 0 saturated carbocycles. The molecule has 0 fully saturated rings. The van der Waals surface area contributed by atoms with E-state index < -0.39 is 39.3 Å². The fourth-order valence-electron chi connectivity index (χ4n) is 4.11. The summed E-state index contributed by atoms with van der Waals surface area (Å²) < 4.78 is 77.6. The first-order valence-electron chi connectivity index (χ1n) is 10.5. The lowest BCUT2D eigenvalue weighted by molar-refractivity contribution is 0.101. The van der Waals surface area contributed by atoms with Crippen LogP contribution in [0.1, 0.15) is 40.8 Å². The molecule has 1 aliphatic heterocycles. The molecule has 35 heavy (non-hydrogen) atoms. The maximum atomic E-state index is 13.6. The number of fused-ring (bicyclic) bond motifs is 1. The van der Waals surface area contributed by atoms with Gasteiger partial charge in [0, 0.05) is 38.1 Å². The molecule has 1 atom stereocenters. The van der Waals surface area contributed by atoms with Gasteiger partial charge in [-0.3, -0.25) is 9.48 Å². The summed E-state index contributed by atoms with van der Waals surface area (Å²) in [6.45, 7) is 3.41. The maximum absolute atomic E-state index is 13.6. The second-order valence-corrected chi connectivity index (χ2v) is 10.5. The van der Waals surface area contributed by atoms with Gasteiger partial charge in [-0.25, -0.2) is 26.3 Å². The number of hydrogen-bond donors (Lipinski definition) is 2. The van der Waals surface area contributed by atoms with Crippen molar-refractivity contribution < 1.29 is 31.1 Å². The average Bonchev–Trinajstić information content (AvgIpc) is 3.22. The van der Waals surface area contributed by atoms with Crippen LogP contribution >= 0.6 is 0 Å². The monoisotopic (exact) mass is 511 g/mol. The first-order valence-corrected chi connectivity index (χ1v) is 12.0.